The first-order valence-corrected chi connectivity index (χ1v) is 6.85. The van der Waals surface area contributed by atoms with Crippen LogP contribution >= 0.6 is 0 Å². The monoisotopic (exact) mass is 282 g/mol. The molecule has 106 valence electrons. The lowest BCUT2D eigenvalue weighted by molar-refractivity contribution is 0.669. The minimum atomic E-state index is -0.171. The van der Waals surface area contributed by atoms with Crippen molar-refractivity contribution in [1.82, 2.24) is 29.4 Å². The van der Waals surface area contributed by atoms with Crippen molar-refractivity contribution in [1.29, 1.82) is 0 Å². The van der Waals surface area contributed by atoms with Gasteiger partial charge in [0.25, 0.3) is 5.56 Å². The second-order valence-corrected chi connectivity index (χ2v) is 5.12. The van der Waals surface area contributed by atoms with Crippen molar-refractivity contribution in [3.8, 4) is 0 Å². The van der Waals surface area contributed by atoms with Gasteiger partial charge in [0.15, 0.2) is 11.3 Å². The number of hydrogen-bond donors (Lipinski definition) is 1. The number of hydrogen-bond acceptors (Lipinski definition) is 4. The van der Waals surface area contributed by atoms with E-state index in [4.69, 9.17) is 0 Å². The predicted octanol–water partition coefficient (Wildman–Crippen LogP) is 1.56. The van der Waals surface area contributed by atoms with E-state index in [1.54, 1.807) is 12.3 Å². The summed E-state index contributed by atoms with van der Waals surface area (Å²) in [5, 5.41) is 8.74. The summed E-state index contributed by atoms with van der Waals surface area (Å²) in [7, 11) is 0. The molecule has 1 N–H and O–H groups in total. The van der Waals surface area contributed by atoms with Gasteiger partial charge in [0, 0.05) is 18.3 Å². The normalized spacial score (nSPS) is 12.0. The van der Waals surface area contributed by atoms with E-state index in [9.17, 15) is 4.79 Å². The number of nitrogens with one attached hydrogen (secondary N) is 1. The third-order valence-corrected chi connectivity index (χ3v) is 3.84. The highest BCUT2D eigenvalue weighted by Crippen LogP contribution is 2.25. The fourth-order valence-electron chi connectivity index (χ4n) is 2.88. The second kappa shape index (κ2) is 3.91. The molecular weight excluding hydrogens is 268 g/mol. The summed E-state index contributed by atoms with van der Waals surface area (Å²) >= 11 is 0. The molecule has 4 rings (SSSR count). The largest absolute Gasteiger partial charge is 0.301 e. The molecule has 0 aromatic carbocycles. The molecule has 0 saturated carbocycles. The van der Waals surface area contributed by atoms with Crippen LogP contribution in [0.3, 0.4) is 0 Å². The van der Waals surface area contributed by atoms with E-state index in [0.717, 1.165) is 23.3 Å². The molecule has 0 unspecified atom stereocenters. The van der Waals surface area contributed by atoms with Crippen LogP contribution < -0.4 is 5.56 Å². The van der Waals surface area contributed by atoms with Crippen LogP contribution in [0.2, 0.25) is 0 Å². The smallest absolute Gasteiger partial charge is 0.284 e. The van der Waals surface area contributed by atoms with Crippen molar-refractivity contribution in [3.05, 3.63) is 34.0 Å². The molecule has 0 radical (unpaired) electrons. The molecule has 4 heterocycles. The predicted molar refractivity (Wildman–Crippen MR) is 79.6 cm³/mol. The number of fused-ring (bicyclic) bond motifs is 4. The molecule has 4 aromatic rings. The molecule has 0 aliphatic carbocycles. The molecule has 0 amide bonds. The van der Waals surface area contributed by atoms with Crippen LogP contribution in [-0.2, 0) is 6.54 Å². The standard InChI is InChI=1S/C14H14N6O/c1-4-19-13-10(8(3)18-19)12-11(7(2)16-13)14(21)20-9(17-12)5-6-15-20/h5-6,18H,4H2,1-3H3. The van der Waals surface area contributed by atoms with Gasteiger partial charge in [-0.1, -0.05) is 0 Å². The Kier molecular flexibility index (Phi) is 2.25. The average Bonchev–Trinajstić information content (AvgIpc) is 3.03. The zero-order valence-corrected chi connectivity index (χ0v) is 12.0. The van der Waals surface area contributed by atoms with Crippen LogP contribution in [0, 0.1) is 13.8 Å². The third kappa shape index (κ3) is 1.43. The van der Waals surface area contributed by atoms with Crippen LogP contribution in [0.5, 0.6) is 0 Å². The Morgan fingerprint density at radius 2 is 2.05 bits per heavy atom. The van der Waals surface area contributed by atoms with Gasteiger partial charge >= 0.3 is 0 Å². The van der Waals surface area contributed by atoms with Crippen molar-refractivity contribution in [2.75, 3.05) is 0 Å². The highest BCUT2D eigenvalue weighted by Gasteiger charge is 2.18. The summed E-state index contributed by atoms with van der Waals surface area (Å²) in [4.78, 5) is 21.8. The summed E-state index contributed by atoms with van der Waals surface area (Å²) in [5.41, 5.74) is 3.54. The molecule has 4 aromatic heterocycles. The zero-order chi connectivity index (χ0) is 14.7. The molecule has 0 aliphatic rings. The van der Waals surface area contributed by atoms with Gasteiger partial charge in [-0.3, -0.25) is 9.48 Å². The maximum atomic E-state index is 12.6. The van der Waals surface area contributed by atoms with Gasteiger partial charge in [0.05, 0.1) is 28.2 Å². The molecule has 0 aliphatic heterocycles. The van der Waals surface area contributed by atoms with Gasteiger partial charge < -0.3 is 5.10 Å². The van der Waals surface area contributed by atoms with Gasteiger partial charge in [-0.25, -0.2) is 9.97 Å². The highest BCUT2D eigenvalue weighted by molar-refractivity contribution is 6.04. The van der Waals surface area contributed by atoms with Crippen molar-refractivity contribution >= 4 is 27.6 Å². The lowest BCUT2D eigenvalue weighted by Gasteiger charge is -2.05. The van der Waals surface area contributed by atoms with Crippen molar-refractivity contribution in [3.63, 3.8) is 0 Å². The summed E-state index contributed by atoms with van der Waals surface area (Å²) in [6, 6.07) is 1.73. The number of H-pyrrole nitrogens is 1. The molecule has 0 saturated heterocycles. The topological polar surface area (TPSA) is 80.9 Å². The minimum Gasteiger partial charge on any atom is -0.301 e. The van der Waals surface area contributed by atoms with E-state index in [-0.39, 0.29) is 5.56 Å². The Bertz CT molecular complexity index is 1070. The minimum absolute atomic E-state index is 0.171. The van der Waals surface area contributed by atoms with E-state index >= 15 is 0 Å². The van der Waals surface area contributed by atoms with Crippen molar-refractivity contribution < 1.29 is 0 Å². The number of rotatable bonds is 1. The first-order valence-electron chi connectivity index (χ1n) is 6.85. The molecule has 0 atom stereocenters. The van der Waals surface area contributed by atoms with E-state index in [2.05, 4.69) is 20.2 Å². The highest BCUT2D eigenvalue weighted by atomic mass is 16.1. The fraction of sp³-hybridized carbons (Fsp3) is 0.286. The summed E-state index contributed by atoms with van der Waals surface area (Å²) in [5.74, 6) is 0. The maximum Gasteiger partial charge on any atom is 0.284 e. The van der Waals surface area contributed by atoms with Crippen LogP contribution in [0.25, 0.3) is 27.6 Å². The van der Waals surface area contributed by atoms with E-state index in [1.807, 2.05) is 25.5 Å². The summed E-state index contributed by atoms with van der Waals surface area (Å²) in [6.07, 6.45) is 1.58. The fourth-order valence-corrected chi connectivity index (χ4v) is 2.88. The lowest BCUT2D eigenvalue weighted by atomic mass is 10.1. The Hall–Kier alpha value is -2.70. The molecule has 0 fully saturated rings. The first kappa shape index (κ1) is 12.1. The second-order valence-electron chi connectivity index (χ2n) is 5.12. The Labute approximate surface area is 119 Å². The Morgan fingerprint density at radius 3 is 2.81 bits per heavy atom. The first-order chi connectivity index (χ1) is 10.1. The van der Waals surface area contributed by atoms with E-state index in [1.165, 1.54) is 4.52 Å². The molecular formula is C14H14N6O. The number of nitrogens with zero attached hydrogens (tertiary/aromatic N) is 5. The molecule has 7 heteroatoms. The van der Waals surface area contributed by atoms with Crippen molar-refractivity contribution in [2.45, 2.75) is 27.3 Å². The van der Waals surface area contributed by atoms with Gasteiger partial charge in [0.2, 0.25) is 0 Å². The Morgan fingerprint density at radius 1 is 1.24 bits per heavy atom. The summed E-state index contributed by atoms with van der Waals surface area (Å²) in [6.45, 7) is 6.63. The van der Waals surface area contributed by atoms with Crippen molar-refractivity contribution in [2.24, 2.45) is 0 Å². The number of aromatic amines is 1. The van der Waals surface area contributed by atoms with Gasteiger partial charge in [-0.15, -0.1) is 0 Å². The van der Waals surface area contributed by atoms with Gasteiger partial charge in [-0.05, 0) is 20.8 Å². The van der Waals surface area contributed by atoms with E-state index < -0.39 is 0 Å². The molecule has 7 nitrogen and oxygen atoms in total. The van der Waals surface area contributed by atoms with Crippen LogP contribution in [0.1, 0.15) is 18.3 Å². The van der Waals surface area contributed by atoms with Gasteiger partial charge in [0.1, 0.15) is 0 Å². The SMILES string of the molecule is CCn1[nH]c(C)c2c3nc4ccnn4c(=O)c3c(C)nc21. The number of aryl methyl sites for hydroxylation is 3. The van der Waals surface area contributed by atoms with Crippen LogP contribution in [-0.4, -0.2) is 29.4 Å². The van der Waals surface area contributed by atoms with E-state index in [0.29, 0.717) is 22.2 Å². The van der Waals surface area contributed by atoms with Gasteiger partial charge in [-0.2, -0.15) is 9.61 Å². The molecule has 0 bridgehead atoms. The third-order valence-electron chi connectivity index (χ3n) is 3.84. The zero-order valence-electron chi connectivity index (χ0n) is 12.0. The number of aromatic nitrogens is 6. The number of pyridine rings is 1. The van der Waals surface area contributed by atoms with Crippen LogP contribution in [0.15, 0.2) is 17.1 Å². The van der Waals surface area contributed by atoms with Crippen LogP contribution in [0.4, 0.5) is 0 Å². The average molecular weight is 282 g/mol. The quantitative estimate of drug-likeness (QED) is 0.574. The molecule has 21 heavy (non-hydrogen) atoms. The summed E-state index contributed by atoms with van der Waals surface area (Å²) < 4.78 is 3.28. The Balaban J connectivity index is 2.37. The molecule has 0 spiro atoms. The maximum absolute atomic E-state index is 12.6. The lowest BCUT2D eigenvalue weighted by Crippen LogP contribution is -2.17.